The Morgan fingerprint density at radius 1 is 0.820 bits per heavy atom. The summed E-state index contributed by atoms with van der Waals surface area (Å²) in [6.07, 6.45) is -7.19. The van der Waals surface area contributed by atoms with E-state index in [0.717, 1.165) is 6.92 Å². The fraction of sp³-hybridized carbons (Fsp3) is 0.447. The minimum absolute atomic E-state index is 0.137. The smallest absolute Gasteiger partial charge is 0.338 e. The van der Waals surface area contributed by atoms with Crippen LogP contribution in [0.15, 0.2) is 102 Å². The van der Waals surface area contributed by atoms with Crippen molar-refractivity contribution in [3.05, 3.63) is 119 Å². The molecule has 1 saturated heterocycles. The molecule has 11 atom stereocenters. The first-order valence-corrected chi connectivity index (χ1v) is 20.5. The molecule has 1 amide bonds. The average molecular weight is 836 g/mol. The van der Waals surface area contributed by atoms with Crippen LogP contribution in [0.3, 0.4) is 0 Å². The summed E-state index contributed by atoms with van der Waals surface area (Å²) in [7, 11) is 0. The Bertz CT molecular complexity index is 2300. The summed E-state index contributed by atoms with van der Waals surface area (Å²) >= 11 is 0. The largest absolute Gasteiger partial charge is 0.456 e. The molecule has 14 heteroatoms. The maximum Gasteiger partial charge on any atom is 0.338 e. The van der Waals surface area contributed by atoms with Gasteiger partial charge in [-0.25, -0.2) is 9.59 Å². The predicted octanol–water partition coefficient (Wildman–Crippen LogP) is 4.37. The number of aliphatic hydroxyl groups excluding tert-OH is 1. The Hall–Kier alpha value is -5.70. The number of ketones is 1. The van der Waals surface area contributed by atoms with Gasteiger partial charge >= 0.3 is 23.9 Å². The number of fused-ring (bicyclic) bond motifs is 4. The highest BCUT2D eigenvalue weighted by Gasteiger charge is 2.84. The highest BCUT2D eigenvalue weighted by molar-refractivity contribution is 5.98. The van der Waals surface area contributed by atoms with E-state index in [0.29, 0.717) is 12.0 Å². The number of aliphatic hydroxyl groups is 2. The predicted molar refractivity (Wildman–Crippen MR) is 214 cm³/mol. The van der Waals surface area contributed by atoms with E-state index in [1.54, 1.807) is 99.6 Å². The molecule has 0 aromatic heterocycles. The molecule has 14 nitrogen and oxygen atoms in total. The third kappa shape index (κ3) is 6.75. The monoisotopic (exact) mass is 835 g/mol. The highest BCUT2D eigenvalue weighted by Crippen LogP contribution is 2.74. The maximum absolute atomic E-state index is 15.5. The van der Waals surface area contributed by atoms with Crippen molar-refractivity contribution in [1.29, 1.82) is 0 Å². The first-order valence-electron chi connectivity index (χ1n) is 20.5. The summed E-state index contributed by atoms with van der Waals surface area (Å²) in [6.45, 7) is 7.08. The molecule has 4 aliphatic carbocycles. The summed E-state index contributed by atoms with van der Waals surface area (Å²) in [5.74, 6) is -6.16. The number of nitrogens with one attached hydrogen (secondary N) is 1. The summed E-state index contributed by atoms with van der Waals surface area (Å²) in [5.41, 5.74) is -5.51. The Kier molecular flexibility index (Phi) is 10.6. The second-order valence-electron chi connectivity index (χ2n) is 17.5. The van der Waals surface area contributed by atoms with Gasteiger partial charge in [0, 0.05) is 36.7 Å². The number of hydrogen-bond donors (Lipinski definition) is 3. The maximum atomic E-state index is 15.5. The van der Waals surface area contributed by atoms with Gasteiger partial charge in [-0.3, -0.25) is 19.2 Å². The van der Waals surface area contributed by atoms with Crippen molar-refractivity contribution >= 4 is 35.6 Å². The van der Waals surface area contributed by atoms with Crippen LogP contribution in [0.4, 0.5) is 0 Å². The Labute approximate surface area is 352 Å². The summed E-state index contributed by atoms with van der Waals surface area (Å²) in [6, 6.07) is 23.4. The molecular formula is C47H49NO13. The fourth-order valence-corrected chi connectivity index (χ4v) is 10.8. The van der Waals surface area contributed by atoms with E-state index < -0.39 is 107 Å². The van der Waals surface area contributed by atoms with Crippen molar-refractivity contribution in [2.45, 2.75) is 102 Å². The van der Waals surface area contributed by atoms with Crippen molar-refractivity contribution < 1.29 is 62.7 Å². The highest BCUT2D eigenvalue weighted by atomic mass is 16.6. The van der Waals surface area contributed by atoms with Crippen molar-refractivity contribution in [1.82, 2.24) is 5.32 Å². The van der Waals surface area contributed by atoms with Gasteiger partial charge < -0.3 is 39.2 Å². The zero-order valence-electron chi connectivity index (χ0n) is 34.5. The second-order valence-corrected chi connectivity index (χ2v) is 17.5. The number of hydrogen-bond acceptors (Lipinski definition) is 13. The van der Waals surface area contributed by atoms with Gasteiger partial charge in [-0.15, -0.1) is 0 Å². The lowest BCUT2D eigenvalue weighted by atomic mass is 9.48. The van der Waals surface area contributed by atoms with Crippen LogP contribution in [0.25, 0.3) is 0 Å². The van der Waals surface area contributed by atoms with Crippen LogP contribution in [0.1, 0.15) is 86.2 Å². The lowest BCUT2D eigenvalue weighted by Gasteiger charge is -2.64. The standard InChI is InChI=1S/C47H49NO13/c1-25-32(59-43(55)36(51)35(28-15-9-6-10-16-28)48-41(53)29-17-11-7-12-18-29)23-47(56)40(60-42(54)30-19-13-8-14-20-30)38-45(39(52)37(58-26(2)49)34(25)44(47,4)5)22-31(45)21-33-46(38,24-57-33)61-27(3)50/h6-20,31-33,35-38,40,51,56H,21-24H2,1-5H3,(H,48,53)/t31-,32+,33-,35+,36-,37-,38?,40+,45-,46+,47-/m1/s1. The van der Waals surface area contributed by atoms with E-state index in [1.165, 1.54) is 19.1 Å². The van der Waals surface area contributed by atoms with Crippen molar-refractivity contribution in [2.24, 2.45) is 22.7 Å². The minimum atomic E-state index is -2.24. The average Bonchev–Trinajstić information content (AvgIpc) is 3.96. The Morgan fingerprint density at radius 2 is 1.43 bits per heavy atom. The van der Waals surface area contributed by atoms with Crippen molar-refractivity contribution in [2.75, 3.05) is 6.61 Å². The number of carbonyl (C=O) groups is 6. The molecule has 1 heterocycles. The van der Waals surface area contributed by atoms with E-state index in [-0.39, 0.29) is 41.2 Å². The third-order valence-corrected chi connectivity index (χ3v) is 13.8. The Morgan fingerprint density at radius 3 is 2.00 bits per heavy atom. The van der Waals surface area contributed by atoms with Crippen LogP contribution in [-0.4, -0.2) is 94.1 Å². The lowest BCUT2D eigenvalue weighted by molar-refractivity contribution is -0.323. The molecule has 8 rings (SSSR count). The van der Waals surface area contributed by atoms with Gasteiger partial charge in [-0.2, -0.15) is 0 Å². The quantitative estimate of drug-likeness (QED) is 0.148. The fourth-order valence-electron chi connectivity index (χ4n) is 10.8. The molecule has 3 saturated carbocycles. The van der Waals surface area contributed by atoms with Crippen molar-refractivity contribution in [3.63, 3.8) is 0 Å². The molecule has 3 N–H and O–H groups in total. The van der Waals surface area contributed by atoms with E-state index in [9.17, 15) is 34.2 Å². The molecule has 320 valence electrons. The Balaban J connectivity index is 1.26. The van der Waals surface area contributed by atoms with E-state index in [1.807, 2.05) is 0 Å². The van der Waals surface area contributed by atoms with Gasteiger partial charge in [0.1, 0.15) is 23.9 Å². The molecular weight excluding hydrogens is 787 g/mol. The number of amides is 1. The van der Waals surface area contributed by atoms with Gasteiger partial charge in [-0.05, 0) is 66.7 Å². The van der Waals surface area contributed by atoms with Crippen LogP contribution in [0.5, 0.6) is 0 Å². The topological polar surface area (TPSA) is 201 Å². The number of esters is 4. The summed E-state index contributed by atoms with van der Waals surface area (Å²) in [5, 5.41) is 28.2. The van der Waals surface area contributed by atoms with Crippen LogP contribution in [0.2, 0.25) is 0 Å². The first-order chi connectivity index (χ1) is 29.0. The van der Waals surface area contributed by atoms with Gasteiger partial charge in [0.25, 0.3) is 5.91 Å². The molecule has 5 aliphatic rings. The molecule has 3 aromatic rings. The number of carbonyl (C=O) groups excluding carboxylic acids is 6. The van der Waals surface area contributed by atoms with Crippen molar-refractivity contribution in [3.8, 4) is 0 Å². The van der Waals surface area contributed by atoms with E-state index in [4.69, 9.17) is 23.7 Å². The molecule has 1 aliphatic heterocycles. The molecule has 0 radical (unpaired) electrons. The first kappa shape index (κ1) is 42.0. The van der Waals surface area contributed by atoms with Gasteiger partial charge in [0.2, 0.25) is 0 Å². The van der Waals surface area contributed by atoms with Crippen LogP contribution < -0.4 is 5.32 Å². The zero-order valence-corrected chi connectivity index (χ0v) is 34.5. The van der Waals surface area contributed by atoms with Gasteiger partial charge in [-0.1, -0.05) is 80.6 Å². The summed E-state index contributed by atoms with van der Waals surface area (Å²) < 4.78 is 30.7. The molecule has 3 aromatic carbocycles. The second kappa shape index (κ2) is 15.3. The van der Waals surface area contributed by atoms with Crippen LogP contribution in [-0.2, 0) is 42.9 Å². The minimum Gasteiger partial charge on any atom is -0.456 e. The lowest BCUT2D eigenvalue weighted by Crippen LogP contribution is -2.78. The number of Topliss-reactive ketones (excluding diaryl/α,β-unsaturated/α-hetero) is 1. The summed E-state index contributed by atoms with van der Waals surface area (Å²) in [4.78, 5) is 83.4. The molecule has 1 unspecified atom stereocenters. The number of rotatable bonds is 10. The zero-order chi connectivity index (χ0) is 43.6. The normalized spacial score (nSPS) is 32.7. The molecule has 4 fully saturated rings. The molecule has 1 spiro atoms. The van der Waals surface area contributed by atoms with E-state index in [2.05, 4.69) is 5.32 Å². The number of ether oxygens (including phenoxy) is 5. The molecule has 61 heavy (non-hydrogen) atoms. The van der Waals surface area contributed by atoms with Crippen LogP contribution >= 0.6 is 0 Å². The van der Waals surface area contributed by atoms with Crippen LogP contribution in [0, 0.1) is 22.7 Å². The number of benzene rings is 3. The van der Waals surface area contributed by atoms with E-state index >= 15 is 4.79 Å². The molecule has 2 bridgehead atoms. The SMILES string of the molecule is CC(=O)O[C@H]1C(=O)[C@]23C[C@H]2C[C@H]2OC[C@@]2(OC(C)=O)C3[C@H](OC(=O)c2ccccc2)[C@]2(O)C[C@H](OC(=O)[C@H](O)[C@@H](NC(=O)c3ccccc3)c3ccccc3)C(C)=C1C2(C)C. The third-order valence-electron chi connectivity index (χ3n) is 13.8. The van der Waals surface area contributed by atoms with Gasteiger partial charge in [0.05, 0.1) is 24.1 Å². The van der Waals surface area contributed by atoms with Gasteiger partial charge in [0.15, 0.2) is 23.6 Å².